The number of aliphatic hydroxyl groups is 9. The first kappa shape index (κ1) is 76.8. The SMILES string of the molecule is C[C@@H]([NH3+])CC[SeH].C[C@@H]([NH3+])CC[Se](=O)C[C@H]1O[C@@H](n2cnc3c(N)ccnc32)C(O)[C@H]1O.C[C@@H]([NH3+])CC[Se]C[C@H]1O[C@@H](n2cnc3c(N)ncnc32)C(O)[C@H]1O.Nc1ncnc2c1ncn2[C@@H]1O[C@H](CCl)[C@H](O)C1O.Nc1ncnc2c1ncn2[C@@H]1O[C@H](CO)[C@H](O)C1O.OO. The monoisotopic (exact) mass is 1560 g/mol. The number of hydrogen-bond acceptors (Lipinski definition) is 31. The fourth-order valence-corrected chi connectivity index (χ4v) is 16.9. The third kappa shape index (κ3) is 18.4. The summed E-state index contributed by atoms with van der Waals surface area (Å²) < 4.78 is 41.0. The quantitative estimate of drug-likeness (QED) is 0.0125. The van der Waals surface area contributed by atoms with Crippen LogP contribution >= 0.6 is 11.6 Å². The minimum Gasteiger partial charge on any atom is -0.394 e. The third-order valence-corrected chi connectivity index (χ3v) is 21.3. The van der Waals surface area contributed by atoms with E-state index in [1.807, 2.05) is 6.92 Å². The van der Waals surface area contributed by atoms with Crippen molar-refractivity contribution in [2.24, 2.45) is 0 Å². The van der Waals surface area contributed by atoms with Crippen molar-refractivity contribution in [1.29, 1.82) is 0 Å². The Kier molecular flexibility index (Phi) is 28.9. The van der Waals surface area contributed by atoms with E-state index in [-0.39, 0.29) is 40.8 Å². The number of fused-ring (bicyclic) bond motifs is 4. The molecule has 0 amide bonds. The van der Waals surface area contributed by atoms with Crippen molar-refractivity contribution < 1.29 is 96.5 Å². The molecule has 4 aliphatic rings. The van der Waals surface area contributed by atoms with E-state index in [4.69, 9.17) is 69.1 Å². The van der Waals surface area contributed by atoms with Crippen LogP contribution in [0.5, 0.6) is 0 Å². The number of nitrogens with two attached hydrogens (primary N) is 4. The van der Waals surface area contributed by atoms with Gasteiger partial charge in [-0.2, -0.15) is 0 Å². The number of ether oxygens (including phenoxy) is 4. The smallest absolute Gasteiger partial charge is 0.167 e. The molecule has 4 saturated heterocycles. The summed E-state index contributed by atoms with van der Waals surface area (Å²) in [4.78, 5) is 44.5. The standard InChI is InChI=1S/C15H23N5O4Se.C14H22N6O3Se.C10H12ClN5O3.C10H13N5O4.C4H11NSe.H2O2/c1-8(16)3-5-25(23)6-10-12(21)13(22)15(24-10)20-7-19-11-9(17)2-4-18-14(11)20;1-7(15)2-3-24-4-8-10(21)11(22)14(23-8)20-6-19-9-12(16)17-5-18-13(9)20;11-1-4-6(17)7(18)10(19-4)16-3-15-5-8(12)13-2-14-9(5)16;11-8-5-9(13-2-12-8)15(3-14-5)10-7(18)6(17)4(1-16)19-10;1-4(5)2-3-6;1-2/h2,4,7-8,10,12-13,15,21-22H,3,5-6,16H2,1H3,(H2,17,18);5-8,10-11,14,21-22H,2-4,15H2,1H3,(H2,16,17,18);2-4,6-7,10,17-18H,1H2,(H2,12,13,14);2-4,6-7,10,16-18H,1H2,(H2,11,12,13);4,6H,2-3,5H2,1H3;1-2H/p+3/t8-,10-,12+,13?,15-,25?;7-,8-,10+,11?,14-;2*4-,6+,7?,10-;4-;/m11111./s1. The van der Waals surface area contributed by atoms with E-state index in [0.29, 0.717) is 82.7 Å². The van der Waals surface area contributed by atoms with Crippen molar-refractivity contribution in [3.63, 3.8) is 0 Å². The van der Waals surface area contributed by atoms with Gasteiger partial charge >= 0.3 is 340 Å². The van der Waals surface area contributed by atoms with Crippen molar-refractivity contribution >= 4 is 124 Å². The van der Waals surface area contributed by atoms with Gasteiger partial charge in [0, 0.05) is 0 Å². The summed E-state index contributed by atoms with van der Waals surface area (Å²) in [6.45, 7) is 5.81. The fourth-order valence-electron chi connectivity index (χ4n) is 10.0. The molecule has 12 heterocycles. The molecule has 0 aromatic carbocycles. The first-order chi connectivity index (χ1) is 45.4. The molecule has 95 heavy (non-hydrogen) atoms. The number of hydrogen-bond donors (Lipinski definition) is 18. The minimum absolute atomic E-state index is 0.0818. The van der Waals surface area contributed by atoms with Gasteiger partial charge in [0.25, 0.3) is 0 Å². The van der Waals surface area contributed by atoms with Gasteiger partial charge in [-0.05, 0) is 0 Å². The summed E-state index contributed by atoms with van der Waals surface area (Å²) in [7, 11) is 0. The van der Waals surface area contributed by atoms with E-state index < -0.39 is 112 Å². The van der Waals surface area contributed by atoms with E-state index in [9.17, 15) is 44.7 Å². The van der Waals surface area contributed by atoms with E-state index in [1.54, 1.807) is 21.4 Å². The maximum Gasteiger partial charge on any atom is 0.167 e. The normalized spacial score (nSPS) is 28.3. The van der Waals surface area contributed by atoms with Crippen LogP contribution in [0.3, 0.4) is 0 Å². The van der Waals surface area contributed by atoms with Crippen LogP contribution in [0.15, 0.2) is 56.6 Å². The molecule has 0 saturated carbocycles. The maximum absolute atomic E-state index is 12.3. The average Bonchev–Trinajstić information content (AvgIpc) is 1.66. The molecule has 0 bridgehead atoms. The molecule has 4 fully saturated rings. The molecule has 42 heteroatoms. The van der Waals surface area contributed by atoms with E-state index in [1.165, 1.54) is 65.2 Å². The molecule has 20 atom stereocenters. The predicted molar refractivity (Wildman–Crippen MR) is 342 cm³/mol. The Morgan fingerprint density at radius 3 is 1.28 bits per heavy atom. The van der Waals surface area contributed by atoms with Gasteiger partial charge in [-0.3, -0.25) is 19.6 Å². The van der Waals surface area contributed by atoms with Crippen LogP contribution in [0.1, 0.15) is 64.9 Å². The average molecular weight is 1560 g/mol. The number of halogens is 1. The molecule has 0 spiro atoms. The predicted octanol–water partition coefficient (Wildman–Crippen LogP) is -5.71. The molecule has 38 nitrogen and oxygen atoms in total. The molecule has 0 aliphatic carbocycles. The van der Waals surface area contributed by atoms with E-state index in [0.717, 1.165) is 23.5 Å². The van der Waals surface area contributed by atoms with E-state index >= 15 is 0 Å². The number of aliphatic hydroxyl groups excluding tert-OH is 9. The second-order valence-electron chi connectivity index (χ2n) is 22.8. The molecule has 5 unspecified atom stereocenters. The Bertz CT molecular complexity index is 3590. The van der Waals surface area contributed by atoms with Gasteiger partial charge in [0.1, 0.15) is 60.3 Å². The number of anilines is 4. The van der Waals surface area contributed by atoms with Gasteiger partial charge in [0.2, 0.25) is 0 Å². The zero-order chi connectivity index (χ0) is 69.5. The number of quaternary nitrogens is 3. The number of alkyl halides is 1. The molecule has 526 valence electrons. The second kappa shape index (κ2) is 35.8. The third-order valence-electron chi connectivity index (χ3n) is 15.3. The Balaban J connectivity index is 0.000000173. The molecular formula is C53H86ClN22O16Se3+3. The molecule has 8 aromatic rings. The van der Waals surface area contributed by atoms with Gasteiger partial charge in [0.15, 0.2) is 35.4 Å². The van der Waals surface area contributed by atoms with Crippen LogP contribution in [0.25, 0.3) is 44.7 Å². The van der Waals surface area contributed by atoms with Crippen molar-refractivity contribution in [3.8, 4) is 0 Å². The van der Waals surface area contributed by atoms with E-state index in [2.05, 4.69) is 102 Å². The molecule has 28 N–H and O–H groups in total. The fraction of sp³-hybridized carbons (Fsp3) is 0.604. The summed E-state index contributed by atoms with van der Waals surface area (Å²) in [5.74, 6) is 0.813. The van der Waals surface area contributed by atoms with Crippen LogP contribution in [-0.2, 0) is 22.8 Å². The number of imidazole rings is 4. The van der Waals surface area contributed by atoms with Crippen LogP contribution in [0.4, 0.5) is 23.1 Å². The largest absolute Gasteiger partial charge is 0.394 e. The van der Waals surface area contributed by atoms with Gasteiger partial charge in [-0.15, -0.1) is 11.6 Å². The van der Waals surface area contributed by atoms with Crippen LogP contribution < -0.4 is 40.1 Å². The van der Waals surface area contributed by atoms with Gasteiger partial charge in [-0.25, -0.2) is 29.9 Å². The van der Waals surface area contributed by atoms with Crippen LogP contribution in [-0.4, -0.2) is 278 Å². The minimum atomic E-state index is -2.15. The number of nitrogens with zero attached hydrogens (tertiary/aromatic N) is 15. The maximum atomic E-state index is 12.3. The second-order valence-corrected chi connectivity index (χ2v) is 29.8. The number of pyridine rings is 1. The summed E-state index contributed by atoms with van der Waals surface area (Å²) in [5, 5.41) is 106. The Morgan fingerprint density at radius 1 is 0.537 bits per heavy atom. The molecule has 8 aromatic heterocycles. The Labute approximate surface area is 565 Å². The Hall–Kier alpha value is -5.60. The summed E-state index contributed by atoms with van der Waals surface area (Å²) >= 11 is 6.43. The van der Waals surface area contributed by atoms with Gasteiger partial charge < -0.3 is 46.5 Å². The molecule has 4 aliphatic heterocycles. The number of nitrogen functional groups attached to an aromatic ring is 4. The van der Waals surface area contributed by atoms with Gasteiger partial charge in [0.05, 0.1) is 25.1 Å². The number of rotatable bonds is 18. The first-order valence-corrected chi connectivity index (χ1v) is 37.1. The Morgan fingerprint density at radius 2 is 0.905 bits per heavy atom. The van der Waals surface area contributed by atoms with Crippen LogP contribution in [0.2, 0.25) is 26.6 Å². The van der Waals surface area contributed by atoms with Crippen molar-refractivity contribution in [1.82, 2.24) is 73.1 Å². The van der Waals surface area contributed by atoms with Gasteiger partial charge in [-0.1, -0.05) is 0 Å². The summed E-state index contributed by atoms with van der Waals surface area (Å²) in [6.07, 6.45) is -0.219. The van der Waals surface area contributed by atoms with Crippen molar-refractivity contribution in [3.05, 3.63) is 56.6 Å². The first-order valence-electron chi connectivity index (χ1n) is 29.7. The summed E-state index contributed by atoms with van der Waals surface area (Å²) in [6, 6.07) is 2.94. The zero-order valence-corrected chi connectivity index (χ0v) is 58.0. The molecular weight excluding hydrogens is 1470 g/mol. The topological polar surface area (TPSA) is 625 Å². The zero-order valence-electron chi connectivity index (χ0n) is 52.0. The van der Waals surface area contributed by atoms with Crippen molar-refractivity contribution in [2.75, 3.05) is 35.4 Å². The van der Waals surface area contributed by atoms with Crippen LogP contribution in [0, 0.1) is 0 Å². The summed E-state index contributed by atoms with van der Waals surface area (Å²) in [5.41, 5.74) is 38.7. The van der Waals surface area contributed by atoms with Crippen molar-refractivity contribution in [2.45, 2.75) is 183 Å². The number of aromatic nitrogens is 15. The molecule has 12 rings (SSSR count). The molecule has 0 radical (unpaired) electrons.